The lowest BCUT2D eigenvalue weighted by atomic mass is 9.82. The molecule has 0 aromatic rings. The molecule has 1 rings (SSSR count). The molecular weight excluding hydrogens is 222 g/mol. The van der Waals surface area contributed by atoms with Crippen LogP contribution in [0.3, 0.4) is 0 Å². The predicted octanol–water partition coefficient (Wildman–Crippen LogP) is 3.68. The second-order valence-electron chi connectivity index (χ2n) is 4.56. The molecular formula is C16H23NO. The van der Waals surface area contributed by atoms with Gasteiger partial charge in [-0.2, -0.15) is 0 Å². The van der Waals surface area contributed by atoms with Gasteiger partial charge in [0, 0.05) is 6.92 Å². The van der Waals surface area contributed by atoms with Crippen molar-refractivity contribution in [3.63, 3.8) is 0 Å². The zero-order valence-electron chi connectivity index (χ0n) is 11.6. The first-order valence-electron chi connectivity index (χ1n) is 6.63. The lowest BCUT2D eigenvalue weighted by Gasteiger charge is -2.35. The van der Waals surface area contributed by atoms with Crippen LogP contribution in [0.25, 0.3) is 0 Å². The summed E-state index contributed by atoms with van der Waals surface area (Å²) in [5.41, 5.74) is 1.05. The number of hydrogen-bond donors (Lipinski definition) is 1. The van der Waals surface area contributed by atoms with Crippen molar-refractivity contribution >= 4 is 5.91 Å². The quantitative estimate of drug-likeness (QED) is 0.804. The van der Waals surface area contributed by atoms with Gasteiger partial charge >= 0.3 is 0 Å². The minimum absolute atomic E-state index is 0.0329. The summed E-state index contributed by atoms with van der Waals surface area (Å²) in [6.07, 6.45) is 17.1. The molecule has 0 saturated carbocycles. The minimum atomic E-state index is -0.217. The van der Waals surface area contributed by atoms with E-state index in [-0.39, 0.29) is 11.4 Å². The molecule has 0 aromatic heterocycles. The normalized spacial score (nSPS) is 23.8. The van der Waals surface area contributed by atoms with E-state index in [4.69, 9.17) is 0 Å². The van der Waals surface area contributed by atoms with E-state index in [0.29, 0.717) is 0 Å². The van der Waals surface area contributed by atoms with Crippen LogP contribution in [-0.2, 0) is 4.79 Å². The Hall–Kier alpha value is -1.57. The van der Waals surface area contributed by atoms with E-state index in [2.05, 4.69) is 31.3 Å². The van der Waals surface area contributed by atoms with Gasteiger partial charge in [0.2, 0.25) is 5.91 Å². The molecule has 0 bridgehead atoms. The van der Waals surface area contributed by atoms with Gasteiger partial charge in [-0.3, -0.25) is 4.79 Å². The molecule has 1 amide bonds. The van der Waals surface area contributed by atoms with Crippen LogP contribution in [0.15, 0.2) is 48.1 Å². The molecule has 0 atom stereocenters. The van der Waals surface area contributed by atoms with Gasteiger partial charge in [-0.1, -0.05) is 56.4 Å². The predicted molar refractivity (Wildman–Crippen MR) is 77.2 cm³/mol. The number of carbonyl (C=O) groups is 1. The molecule has 0 heterocycles. The Bertz CT molecular complexity index is 395. The molecule has 0 aliphatic heterocycles. The highest BCUT2D eigenvalue weighted by atomic mass is 16.1. The zero-order chi connectivity index (χ0) is 13.4. The van der Waals surface area contributed by atoms with Gasteiger partial charge in [0.15, 0.2) is 0 Å². The van der Waals surface area contributed by atoms with E-state index in [1.165, 1.54) is 5.57 Å². The van der Waals surface area contributed by atoms with Crippen LogP contribution in [0.5, 0.6) is 0 Å². The molecule has 98 valence electrons. The van der Waals surface area contributed by atoms with Gasteiger partial charge in [0.05, 0.1) is 5.54 Å². The molecule has 0 saturated heterocycles. The van der Waals surface area contributed by atoms with Crippen molar-refractivity contribution in [2.24, 2.45) is 0 Å². The van der Waals surface area contributed by atoms with Crippen molar-refractivity contribution in [1.82, 2.24) is 5.32 Å². The molecule has 0 spiro atoms. The highest BCUT2D eigenvalue weighted by molar-refractivity contribution is 5.74. The van der Waals surface area contributed by atoms with E-state index >= 15 is 0 Å². The average Bonchev–Trinajstić information content (AvgIpc) is 2.49. The lowest BCUT2D eigenvalue weighted by Crippen LogP contribution is -2.48. The van der Waals surface area contributed by atoms with E-state index in [1.54, 1.807) is 6.92 Å². The van der Waals surface area contributed by atoms with Crippen molar-refractivity contribution in [3.05, 3.63) is 48.1 Å². The van der Waals surface area contributed by atoms with E-state index in [9.17, 15) is 4.79 Å². The Labute approximate surface area is 110 Å². The second-order valence-corrected chi connectivity index (χ2v) is 4.56. The SMILES string of the molecule is CCC(CC)(NC(C)=O)/C1=C/C=C\C=C/C=C\C1. The van der Waals surface area contributed by atoms with Gasteiger partial charge in [-0.05, 0) is 24.8 Å². The summed E-state index contributed by atoms with van der Waals surface area (Å²) in [6.45, 7) is 5.83. The van der Waals surface area contributed by atoms with Crippen LogP contribution in [0, 0.1) is 0 Å². The van der Waals surface area contributed by atoms with Crippen LogP contribution < -0.4 is 5.32 Å². The molecule has 18 heavy (non-hydrogen) atoms. The van der Waals surface area contributed by atoms with Crippen molar-refractivity contribution in [2.75, 3.05) is 0 Å². The molecule has 0 unspecified atom stereocenters. The Kier molecular flexibility index (Phi) is 5.63. The van der Waals surface area contributed by atoms with Crippen molar-refractivity contribution in [2.45, 2.75) is 45.6 Å². The number of amides is 1. The third kappa shape index (κ3) is 3.73. The Balaban J connectivity index is 3.06. The Morgan fingerprint density at radius 3 is 2.39 bits per heavy atom. The summed E-state index contributed by atoms with van der Waals surface area (Å²) in [6, 6.07) is 0. The second kappa shape index (κ2) is 7.00. The molecule has 2 nitrogen and oxygen atoms in total. The third-order valence-corrected chi connectivity index (χ3v) is 3.45. The van der Waals surface area contributed by atoms with Crippen LogP contribution in [0.4, 0.5) is 0 Å². The van der Waals surface area contributed by atoms with Gasteiger partial charge in [0.1, 0.15) is 0 Å². The maximum absolute atomic E-state index is 11.5. The average molecular weight is 245 g/mol. The molecule has 2 heteroatoms. The highest BCUT2D eigenvalue weighted by Crippen LogP contribution is 2.28. The van der Waals surface area contributed by atoms with Gasteiger partial charge in [-0.25, -0.2) is 0 Å². The Morgan fingerprint density at radius 2 is 1.78 bits per heavy atom. The molecule has 1 aliphatic carbocycles. The summed E-state index contributed by atoms with van der Waals surface area (Å²) in [7, 11) is 0. The maximum Gasteiger partial charge on any atom is 0.217 e. The van der Waals surface area contributed by atoms with Crippen LogP contribution in [0.1, 0.15) is 40.0 Å². The van der Waals surface area contributed by atoms with E-state index in [1.807, 2.05) is 30.4 Å². The van der Waals surface area contributed by atoms with Crippen molar-refractivity contribution in [1.29, 1.82) is 0 Å². The van der Waals surface area contributed by atoms with Crippen molar-refractivity contribution < 1.29 is 4.79 Å². The largest absolute Gasteiger partial charge is 0.347 e. The summed E-state index contributed by atoms with van der Waals surface area (Å²) < 4.78 is 0. The first-order chi connectivity index (χ1) is 8.64. The van der Waals surface area contributed by atoms with E-state index < -0.39 is 0 Å². The van der Waals surface area contributed by atoms with Crippen LogP contribution >= 0.6 is 0 Å². The number of hydrogen-bond acceptors (Lipinski definition) is 1. The summed E-state index contributed by atoms with van der Waals surface area (Å²) in [5, 5.41) is 3.14. The summed E-state index contributed by atoms with van der Waals surface area (Å²) in [5.74, 6) is 0.0329. The molecule has 0 radical (unpaired) electrons. The maximum atomic E-state index is 11.5. The fraction of sp³-hybridized carbons (Fsp3) is 0.438. The number of carbonyl (C=O) groups excluding carboxylic acids is 1. The lowest BCUT2D eigenvalue weighted by molar-refractivity contribution is -0.120. The van der Waals surface area contributed by atoms with Crippen molar-refractivity contribution in [3.8, 4) is 0 Å². The smallest absolute Gasteiger partial charge is 0.217 e. The van der Waals surface area contributed by atoms with E-state index in [0.717, 1.165) is 19.3 Å². The van der Waals surface area contributed by atoms with Crippen LogP contribution in [-0.4, -0.2) is 11.4 Å². The van der Waals surface area contributed by atoms with Gasteiger partial charge in [-0.15, -0.1) is 0 Å². The topological polar surface area (TPSA) is 29.1 Å². The first-order valence-corrected chi connectivity index (χ1v) is 6.63. The van der Waals surface area contributed by atoms with Gasteiger partial charge in [0.25, 0.3) is 0 Å². The third-order valence-electron chi connectivity index (χ3n) is 3.45. The molecule has 0 aromatic carbocycles. The molecule has 0 fully saturated rings. The fourth-order valence-corrected chi connectivity index (χ4v) is 2.36. The zero-order valence-corrected chi connectivity index (χ0v) is 11.6. The molecule has 1 N–H and O–H groups in total. The monoisotopic (exact) mass is 245 g/mol. The Morgan fingerprint density at radius 1 is 1.17 bits per heavy atom. The standard InChI is InChI=1S/C16H23NO/c1-4-16(5-2,17-14(3)18)15-12-10-8-6-7-9-11-13-15/h6-12H,4-5,13H2,1-3H3,(H,17,18)/b7-6-,10-8-,11-9-,15-12+. The van der Waals surface area contributed by atoms with Crippen LogP contribution in [0.2, 0.25) is 0 Å². The molecule has 1 aliphatic rings. The minimum Gasteiger partial charge on any atom is -0.347 e. The summed E-state index contributed by atoms with van der Waals surface area (Å²) in [4.78, 5) is 11.5. The highest BCUT2D eigenvalue weighted by Gasteiger charge is 2.30. The number of nitrogens with one attached hydrogen (secondary N) is 1. The summed E-state index contributed by atoms with van der Waals surface area (Å²) >= 11 is 0. The van der Waals surface area contributed by atoms with Gasteiger partial charge < -0.3 is 5.32 Å². The number of rotatable bonds is 4. The number of allylic oxidation sites excluding steroid dienone is 7. The fourth-order valence-electron chi connectivity index (χ4n) is 2.36. The first kappa shape index (κ1) is 14.5.